The number of nitriles is 1. The number of amides is 1. The van der Waals surface area contributed by atoms with Crippen molar-refractivity contribution < 1.29 is 28.9 Å². The number of halogens is 1. The number of nitrogens with zero attached hydrogens (tertiary/aromatic N) is 3. The number of nitro benzene ring substituents is 2. The smallest absolute Gasteiger partial charge is 0.318 e. The third-order valence-corrected chi connectivity index (χ3v) is 5.71. The molecule has 0 aliphatic rings. The van der Waals surface area contributed by atoms with E-state index in [0.717, 1.165) is 18.2 Å². The van der Waals surface area contributed by atoms with Crippen LogP contribution < -0.4 is 19.5 Å². The molecular weight excluding hydrogens is 611 g/mol. The first-order valence-electron chi connectivity index (χ1n) is 10.8. The first-order chi connectivity index (χ1) is 18.2. The Morgan fingerprint density at radius 1 is 1.08 bits per heavy atom. The van der Waals surface area contributed by atoms with Crippen molar-refractivity contribution >= 4 is 51.6 Å². The predicted octanol–water partition coefficient (Wildman–Crippen LogP) is 5.85. The fourth-order valence-corrected chi connectivity index (χ4v) is 3.93. The van der Waals surface area contributed by atoms with Crippen LogP contribution in [0.15, 0.2) is 60.2 Å². The summed E-state index contributed by atoms with van der Waals surface area (Å²) in [6, 6.07) is 14.6. The van der Waals surface area contributed by atoms with E-state index >= 15 is 0 Å². The number of ether oxygens (including phenoxy) is 3. The molecule has 3 aromatic carbocycles. The highest BCUT2D eigenvalue weighted by Crippen LogP contribution is 2.41. The van der Waals surface area contributed by atoms with Gasteiger partial charge in [-0.1, -0.05) is 0 Å². The average molecular weight is 630 g/mol. The van der Waals surface area contributed by atoms with Gasteiger partial charge in [0.15, 0.2) is 11.5 Å². The van der Waals surface area contributed by atoms with Crippen LogP contribution in [0.5, 0.6) is 23.0 Å². The molecule has 38 heavy (non-hydrogen) atoms. The number of non-ortho nitro benzene ring substituents is 1. The van der Waals surface area contributed by atoms with Crippen LogP contribution >= 0.6 is 22.6 Å². The first-order valence-corrected chi connectivity index (χ1v) is 11.9. The van der Waals surface area contributed by atoms with Gasteiger partial charge in [-0.25, -0.2) is 0 Å². The summed E-state index contributed by atoms with van der Waals surface area (Å²) in [5.41, 5.74) is -0.343. The number of carbonyl (C=O) groups excluding carboxylic acids is 1. The Balaban J connectivity index is 1.90. The van der Waals surface area contributed by atoms with Gasteiger partial charge in [0, 0.05) is 11.8 Å². The summed E-state index contributed by atoms with van der Waals surface area (Å²) in [7, 11) is 1.35. The molecule has 0 bridgehead atoms. The maximum atomic E-state index is 12.7. The van der Waals surface area contributed by atoms with Crippen LogP contribution in [0, 0.1) is 35.1 Å². The number of nitro groups is 2. The van der Waals surface area contributed by atoms with Crippen molar-refractivity contribution in [3.63, 3.8) is 0 Å². The van der Waals surface area contributed by atoms with E-state index in [1.54, 1.807) is 30.3 Å². The largest absolute Gasteiger partial charge is 0.494 e. The highest BCUT2D eigenvalue weighted by molar-refractivity contribution is 14.1. The fraction of sp³-hybridized carbons (Fsp3) is 0.120. The van der Waals surface area contributed by atoms with E-state index < -0.39 is 27.1 Å². The molecule has 0 unspecified atom stereocenters. The van der Waals surface area contributed by atoms with Crippen LogP contribution in [0.3, 0.4) is 0 Å². The van der Waals surface area contributed by atoms with Crippen molar-refractivity contribution in [3.8, 4) is 29.1 Å². The van der Waals surface area contributed by atoms with Crippen LogP contribution in [0.25, 0.3) is 6.08 Å². The minimum absolute atomic E-state index is 0.111. The molecule has 1 amide bonds. The molecule has 0 atom stereocenters. The summed E-state index contributed by atoms with van der Waals surface area (Å²) in [5.74, 6) is 0.0455. The number of carbonyl (C=O) groups is 1. The normalized spacial score (nSPS) is 10.7. The van der Waals surface area contributed by atoms with Gasteiger partial charge >= 0.3 is 5.69 Å². The maximum absolute atomic E-state index is 12.7. The lowest BCUT2D eigenvalue weighted by molar-refractivity contribution is -0.394. The summed E-state index contributed by atoms with van der Waals surface area (Å²) >= 11 is 1.90. The van der Waals surface area contributed by atoms with Gasteiger partial charge < -0.3 is 19.5 Å². The van der Waals surface area contributed by atoms with Crippen molar-refractivity contribution in [2.24, 2.45) is 0 Å². The molecular formula is C25H19IN4O8. The summed E-state index contributed by atoms with van der Waals surface area (Å²) in [5, 5.41) is 34.7. The van der Waals surface area contributed by atoms with E-state index in [1.165, 1.54) is 19.3 Å². The second-order valence-corrected chi connectivity index (χ2v) is 8.55. The molecule has 0 radical (unpaired) electrons. The fourth-order valence-electron chi connectivity index (χ4n) is 3.20. The zero-order valence-electron chi connectivity index (χ0n) is 20.0. The molecule has 0 aromatic heterocycles. The molecule has 0 aliphatic carbocycles. The number of methoxy groups -OCH3 is 1. The second kappa shape index (κ2) is 12.5. The molecule has 0 aliphatic heterocycles. The summed E-state index contributed by atoms with van der Waals surface area (Å²) in [6.45, 7) is 2.36. The number of hydrogen-bond acceptors (Lipinski definition) is 9. The molecule has 0 heterocycles. The molecule has 0 saturated carbocycles. The highest BCUT2D eigenvalue weighted by Gasteiger charge is 2.23. The molecule has 194 valence electrons. The van der Waals surface area contributed by atoms with E-state index in [2.05, 4.69) is 5.32 Å². The standard InChI is InChI=1S/C25H19IN4O8/c1-3-37-19-7-4-17(5-8-19)28-25(31)16(14-27)10-15-11-20(26)24(23(12-15)36-2)38-22-9-6-18(29(32)33)13-21(22)30(34)35/h4-13H,3H2,1-2H3,(H,28,31). The average Bonchev–Trinajstić information content (AvgIpc) is 2.89. The molecule has 0 spiro atoms. The Hall–Kier alpha value is -4.71. The van der Waals surface area contributed by atoms with Crippen molar-refractivity contribution in [3.05, 3.63) is 89.5 Å². The number of rotatable bonds is 10. The SMILES string of the molecule is CCOc1ccc(NC(=O)C(C#N)=Cc2cc(I)c(Oc3ccc([N+](=O)[O-])cc3[N+](=O)[O-])c(OC)c2)cc1. The van der Waals surface area contributed by atoms with Crippen LogP contribution in [-0.2, 0) is 4.79 Å². The Morgan fingerprint density at radius 3 is 2.37 bits per heavy atom. The molecule has 13 heteroatoms. The van der Waals surface area contributed by atoms with Crippen LogP contribution in [0.1, 0.15) is 12.5 Å². The van der Waals surface area contributed by atoms with E-state index in [4.69, 9.17) is 14.2 Å². The van der Waals surface area contributed by atoms with Gasteiger partial charge in [0.1, 0.15) is 17.4 Å². The van der Waals surface area contributed by atoms with Gasteiger partial charge in [-0.3, -0.25) is 25.0 Å². The van der Waals surface area contributed by atoms with E-state index in [9.17, 15) is 30.3 Å². The van der Waals surface area contributed by atoms with E-state index in [1.807, 2.05) is 35.6 Å². The number of benzene rings is 3. The maximum Gasteiger partial charge on any atom is 0.318 e. The predicted molar refractivity (Wildman–Crippen MR) is 145 cm³/mol. The van der Waals surface area contributed by atoms with Crippen LogP contribution in [0.2, 0.25) is 0 Å². The number of nitrogens with one attached hydrogen (secondary N) is 1. The Morgan fingerprint density at radius 2 is 1.79 bits per heavy atom. The van der Waals surface area contributed by atoms with Gasteiger partial charge in [-0.2, -0.15) is 5.26 Å². The third-order valence-electron chi connectivity index (χ3n) is 4.91. The van der Waals surface area contributed by atoms with Crippen molar-refractivity contribution in [1.82, 2.24) is 0 Å². The van der Waals surface area contributed by atoms with Gasteiger partial charge in [0.05, 0.1) is 33.2 Å². The number of anilines is 1. The second-order valence-electron chi connectivity index (χ2n) is 7.38. The minimum atomic E-state index is -0.791. The Kier molecular flexibility index (Phi) is 9.17. The van der Waals surface area contributed by atoms with Crippen molar-refractivity contribution in [2.45, 2.75) is 6.92 Å². The topological polar surface area (TPSA) is 167 Å². The van der Waals surface area contributed by atoms with Gasteiger partial charge in [-0.05, 0) is 83.6 Å². The van der Waals surface area contributed by atoms with Crippen LogP contribution in [0.4, 0.5) is 17.1 Å². The summed E-state index contributed by atoms with van der Waals surface area (Å²) in [6.07, 6.45) is 1.35. The summed E-state index contributed by atoms with van der Waals surface area (Å²) < 4.78 is 16.9. The molecule has 0 fully saturated rings. The van der Waals surface area contributed by atoms with Crippen molar-refractivity contribution in [1.29, 1.82) is 5.26 Å². The highest BCUT2D eigenvalue weighted by atomic mass is 127. The Bertz CT molecular complexity index is 1470. The molecule has 12 nitrogen and oxygen atoms in total. The van der Waals surface area contributed by atoms with Gasteiger partial charge in [0.25, 0.3) is 11.6 Å². The third kappa shape index (κ3) is 6.73. The lowest BCUT2D eigenvalue weighted by Gasteiger charge is -2.13. The minimum Gasteiger partial charge on any atom is -0.494 e. The Labute approximate surface area is 229 Å². The van der Waals surface area contributed by atoms with Gasteiger partial charge in [0.2, 0.25) is 5.75 Å². The molecule has 0 saturated heterocycles. The summed E-state index contributed by atoms with van der Waals surface area (Å²) in [4.78, 5) is 33.6. The quantitative estimate of drug-likeness (QED) is 0.0950. The van der Waals surface area contributed by atoms with Crippen molar-refractivity contribution in [2.75, 3.05) is 19.0 Å². The monoisotopic (exact) mass is 630 g/mol. The van der Waals surface area contributed by atoms with E-state index in [0.29, 0.717) is 27.2 Å². The molecule has 3 aromatic rings. The number of hydrogen-bond donors (Lipinski definition) is 1. The lowest BCUT2D eigenvalue weighted by Crippen LogP contribution is -2.13. The lowest BCUT2D eigenvalue weighted by atomic mass is 10.1. The van der Waals surface area contributed by atoms with Crippen LogP contribution in [-0.4, -0.2) is 29.5 Å². The first kappa shape index (κ1) is 27.9. The van der Waals surface area contributed by atoms with Gasteiger partial charge in [-0.15, -0.1) is 0 Å². The molecule has 1 N–H and O–H groups in total. The molecule has 3 rings (SSSR count). The zero-order valence-corrected chi connectivity index (χ0v) is 22.1. The zero-order chi connectivity index (χ0) is 27.8. The van der Waals surface area contributed by atoms with E-state index in [-0.39, 0.29) is 22.8 Å².